The number of benzene rings is 2. The molecule has 1 amide bonds. The van der Waals surface area contributed by atoms with Crippen molar-refractivity contribution in [1.29, 1.82) is 0 Å². The molecule has 2 aromatic rings. The highest BCUT2D eigenvalue weighted by Gasteiger charge is 2.66. The Labute approximate surface area is 184 Å². The molecule has 166 valence electrons. The first kappa shape index (κ1) is 21.6. The summed E-state index contributed by atoms with van der Waals surface area (Å²) in [7, 11) is 1.16. The van der Waals surface area contributed by atoms with Crippen LogP contribution in [0.5, 0.6) is 0 Å². The van der Waals surface area contributed by atoms with E-state index in [1.807, 2.05) is 13.0 Å². The molecule has 0 unspecified atom stereocenters. The molecule has 0 saturated carbocycles. The maximum atomic E-state index is 13.4. The molecule has 0 saturated heterocycles. The van der Waals surface area contributed by atoms with Gasteiger partial charge < -0.3 is 24.6 Å². The third kappa shape index (κ3) is 3.15. The molecule has 0 bridgehead atoms. The number of carbonyl (C=O) groups excluding carboxylic acids is 3. The van der Waals surface area contributed by atoms with E-state index in [4.69, 9.17) is 14.2 Å². The number of fused-ring (bicyclic) bond motifs is 1. The van der Waals surface area contributed by atoms with Crippen LogP contribution in [-0.4, -0.2) is 48.4 Å². The van der Waals surface area contributed by atoms with Crippen molar-refractivity contribution in [1.82, 2.24) is 0 Å². The molecule has 0 radical (unpaired) electrons. The van der Waals surface area contributed by atoms with Crippen LogP contribution in [-0.2, 0) is 28.6 Å². The Morgan fingerprint density at radius 1 is 1.19 bits per heavy atom. The Bertz CT molecular complexity index is 1140. The molecule has 2 heterocycles. The normalized spacial score (nSPS) is 23.9. The second-order valence-corrected chi connectivity index (χ2v) is 7.63. The summed E-state index contributed by atoms with van der Waals surface area (Å²) in [5.41, 5.74) is -0.180. The number of ether oxygens (including phenoxy) is 3. The zero-order valence-corrected chi connectivity index (χ0v) is 17.9. The predicted molar refractivity (Wildman–Crippen MR) is 114 cm³/mol. The van der Waals surface area contributed by atoms with Gasteiger partial charge in [-0.15, -0.1) is 0 Å². The zero-order chi connectivity index (χ0) is 23.0. The molecule has 2 aliphatic rings. The van der Waals surface area contributed by atoms with E-state index in [2.05, 4.69) is 5.32 Å². The van der Waals surface area contributed by atoms with Crippen LogP contribution in [0.1, 0.15) is 29.5 Å². The average Bonchev–Trinajstić information content (AvgIpc) is 3.27. The molecule has 8 heteroatoms. The van der Waals surface area contributed by atoms with Crippen molar-refractivity contribution >= 4 is 29.3 Å². The molecular formula is C24H23NO7. The van der Waals surface area contributed by atoms with Gasteiger partial charge in [0.15, 0.2) is 0 Å². The molecular weight excluding hydrogens is 414 g/mol. The van der Waals surface area contributed by atoms with Crippen molar-refractivity contribution in [3.8, 4) is 0 Å². The summed E-state index contributed by atoms with van der Waals surface area (Å²) >= 11 is 0. The van der Waals surface area contributed by atoms with Gasteiger partial charge >= 0.3 is 11.9 Å². The van der Waals surface area contributed by atoms with Gasteiger partial charge in [0.2, 0.25) is 5.91 Å². The molecule has 32 heavy (non-hydrogen) atoms. The summed E-state index contributed by atoms with van der Waals surface area (Å²) < 4.78 is 16.3. The number of methoxy groups -OCH3 is 1. The van der Waals surface area contributed by atoms with Gasteiger partial charge in [0, 0.05) is 11.3 Å². The van der Waals surface area contributed by atoms with Crippen LogP contribution < -0.4 is 5.32 Å². The number of rotatable bonds is 5. The fourth-order valence-corrected chi connectivity index (χ4v) is 4.30. The minimum absolute atomic E-state index is 0.0139. The van der Waals surface area contributed by atoms with Gasteiger partial charge in [-0.2, -0.15) is 0 Å². The maximum Gasteiger partial charge on any atom is 0.354 e. The first-order chi connectivity index (χ1) is 15.3. The minimum Gasteiger partial charge on any atom is -0.470 e. The number of para-hydroxylation sites is 1. The SMILES string of the molecule is CCOC(=O)[C@@]1([C@H]2C(=O)Nc3ccccc32)OC(c2cccc(C)c2)=C(C(=O)OC)[C@@H]1O. The summed E-state index contributed by atoms with van der Waals surface area (Å²) in [6.45, 7) is 3.44. The number of amides is 1. The van der Waals surface area contributed by atoms with Gasteiger partial charge in [0.25, 0.3) is 5.60 Å². The minimum atomic E-state index is -2.21. The zero-order valence-electron chi connectivity index (χ0n) is 17.9. The number of nitrogens with one attached hydrogen (secondary N) is 1. The van der Waals surface area contributed by atoms with Crippen molar-refractivity contribution in [3.05, 3.63) is 70.8 Å². The highest BCUT2D eigenvalue weighted by molar-refractivity contribution is 6.10. The first-order valence-electron chi connectivity index (χ1n) is 10.2. The number of carbonyl (C=O) groups is 3. The highest BCUT2D eigenvalue weighted by Crippen LogP contribution is 2.51. The van der Waals surface area contributed by atoms with Crippen molar-refractivity contribution in [2.45, 2.75) is 31.5 Å². The van der Waals surface area contributed by atoms with Crippen LogP contribution in [0.4, 0.5) is 5.69 Å². The maximum absolute atomic E-state index is 13.4. The van der Waals surface area contributed by atoms with Crippen LogP contribution in [0.25, 0.3) is 5.76 Å². The largest absolute Gasteiger partial charge is 0.470 e. The first-order valence-corrected chi connectivity index (χ1v) is 10.2. The lowest BCUT2D eigenvalue weighted by atomic mass is 9.77. The van der Waals surface area contributed by atoms with Crippen molar-refractivity contribution in [2.75, 3.05) is 19.0 Å². The van der Waals surface area contributed by atoms with E-state index >= 15 is 0 Å². The van der Waals surface area contributed by atoms with E-state index in [9.17, 15) is 19.5 Å². The van der Waals surface area contributed by atoms with Crippen LogP contribution in [0.2, 0.25) is 0 Å². The number of hydrogen-bond donors (Lipinski definition) is 2. The van der Waals surface area contributed by atoms with E-state index in [0.29, 0.717) is 16.8 Å². The van der Waals surface area contributed by atoms with Gasteiger partial charge in [-0.3, -0.25) is 4.79 Å². The summed E-state index contributed by atoms with van der Waals surface area (Å²) in [5, 5.41) is 14.2. The van der Waals surface area contributed by atoms with Gasteiger partial charge in [0.05, 0.1) is 13.7 Å². The van der Waals surface area contributed by atoms with E-state index < -0.39 is 35.5 Å². The van der Waals surface area contributed by atoms with E-state index in [1.165, 1.54) is 0 Å². The van der Waals surface area contributed by atoms with Crippen molar-refractivity contribution in [2.24, 2.45) is 0 Å². The Balaban J connectivity index is 1.94. The molecule has 0 fully saturated rings. The summed E-state index contributed by atoms with van der Waals surface area (Å²) in [6.07, 6.45) is -1.81. The van der Waals surface area contributed by atoms with Gasteiger partial charge in [-0.05, 0) is 31.5 Å². The molecule has 4 rings (SSSR count). The number of esters is 2. The number of aliphatic hydroxyl groups is 1. The van der Waals surface area contributed by atoms with E-state index in [0.717, 1.165) is 12.7 Å². The molecule has 8 nitrogen and oxygen atoms in total. The monoisotopic (exact) mass is 437 g/mol. The van der Waals surface area contributed by atoms with Crippen LogP contribution in [0.15, 0.2) is 54.1 Å². The summed E-state index contributed by atoms with van der Waals surface area (Å²) in [5.74, 6) is -3.65. The molecule has 2 N–H and O–H groups in total. The topological polar surface area (TPSA) is 111 Å². The lowest BCUT2D eigenvalue weighted by Crippen LogP contribution is -2.56. The summed E-state index contributed by atoms with van der Waals surface area (Å²) in [6, 6.07) is 13.8. The number of aliphatic hydroxyl groups excluding tert-OH is 1. The molecule has 3 atom stereocenters. The Kier molecular flexibility index (Phi) is 5.48. The standard InChI is InChI=1S/C24H23NO7/c1-4-31-23(29)24(18-15-10-5-6-11-16(15)25-21(18)27)20(26)17(22(28)30-3)19(32-24)14-9-7-8-13(2)12-14/h5-12,18,20,26H,4H2,1-3H3,(H,25,27)/t18-,20+,24+/m1/s1. The van der Waals surface area contributed by atoms with Crippen LogP contribution >= 0.6 is 0 Å². The average molecular weight is 437 g/mol. The third-order valence-corrected chi connectivity index (χ3v) is 5.70. The fraction of sp³-hybridized carbons (Fsp3) is 0.292. The van der Waals surface area contributed by atoms with Gasteiger partial charge in [0.1, 0.15) is 23.4 Å². The molecule has 2 aromatic carbocycles. The predicted octanol–water partition coefficient (Wildman–Crippen LogP) is 2.31. The smallest absolute Gasteiger partial charge is 0.354 e. The van der Waals surface area contributed by atoms with Gasteiger partial charge in [-0.1, -0.05) is 42.0 Å². The second kappa shape index (κ2) is 8.12. The molecule has 2 aliphatic heterocycles. The highest BCUT2D eigenvalue weighted by atomic mass is 16.6. The van der Waals surface area contributed by atoms with Gasteiger partial charge in [-0.25, -0.2) is 9.59 Å². The lowest BCUT2D eigenvalue weighted by molar-refractivity contribution is -0.176. The van der Waals surface area contributed by atoms with E-state index in [-0.39, 0.29) is 17.9 Å². The van der Waals surface area contributed by atoms with E-state index in [1.54, 1.807) is 49.4 Å². The summed E-state index contributed by atoms with van der Waals surface area (Å²) in [4.78, 5) is 39.2. The van der Waals surface area contributed by atoms with Crippen LogP contribution in [0.3, 0.4) is 0 Å². The van der Waals surface area contributed by atoms with Crippen LogP contribution in [0, 0.1) is 6.92 Å². The quantitative estimate of drug-likeness (QED) is 0.691. The lowest BCUT2D eigenvalue weighted by Gasteiger charge is -2.34. The Morgan fingerprint density at radius 3 is 2.62 bits per heavy atom. The molecule has 0 spiro atoms. The fourth-order valence-electron chi connectivity index (χ4n) is 4.30. The third-order valence-electron chi connectivity index (χ3n) is 5.70. The number of anilines is 1. The second-order valence-electron chi connectivity index (χ2n) is 7.63. The number of hydrogen-bond acceptors (Lipinski definition) is 7. The molecule has 0 aliphatic carbocycles. The molecule has 0 aromatic heterocycles. The number of aryl methyl sites for hydroxylation is 1. The van der Waals surface area contributed by atoms with Crippen molar-refractivity contribution < 1.29 is 33.7 Å². The van der Waals surface area contributed by atoms with Crippen molar-refractivity contribution in [3.63, 3.8) is 0 Å². The Hall–Kier alpha value is -3.65. The Morgan fingerprint density at radius 2 is 1.94 bits per heavy atom.